The van der Waals surface area contributed by atoms with Gasteiger partial charge in [0.2, 0.25) is 0 Å². The monoisotopic (exact) mass is 196 g/mol. The molecular formula is C9H12N2O3. The van der Waals surface area contributed by atoms with Gasteiger partial charge in [-0.25, -0.2) is 5.90 Å². The number of nitrogens with zero attached hydrogens (tertiary/aromatic N) is 1. The zero-order valence-corrected chi connectivity index (χ0v) is 8.06. The Bertz CT molecular complexity index is 352. The molecule has 0 aliphatic rings. The summed E-state index contributed by atoms with van der Waals surface area (Å²) in [4.78, 5) is 14.9. The van der Waals surface area contributed by atoms with Gasteiger partial charge in [0.05, 0.1) is 10.5 Å². The van der Waals surface area contributed by atoms with E-state index in [1.54, 1.807) is 32.0 Å². The quantitative estimate of drug-likeness (QED) is 0.591. The molecule has 1 atom stereocenters. The summed E-state index contributed by atoms with van der Waals surface area (Å²) in [6.45, 7) is 3.35. The Morgan fingerprint density at radius 2 is 2.21 bits per heavy atom. The van der Waals surface area contributed by atoms with E-state index in [1.165, 1.54) is 0 Å². The molecular weight excluding hydrogens is 184 g/mol. The highest BCUT2D eigenvalue weighted by atomic mass is 16.6. The van der Waals surface area contributed by atoms with Gasteiger partial charge in [-0.15, -0.1) is 0 Å². The lowest BCUT2D eigenvalue weighted by molar-refractivity contribution is -0.386. The molecule has 0 saturated heterocycles. The number of rotatable bonds is 3. The molecule has 0 fully saturated rings. The minimum Gasteiger partial charge on any atom is -0.297 e. The standard InChI is InChI=1S/C9H12N2O3/c1-6-4-3-5-8(7(2)14-10)9(6)11(12)13/h3-5,7H,10H2,1-2H3. The van der Waals surface area contributed by atoms with E-state index in [-0.39, 0.29) is 5.69 Å². The summed E-state index contributed by atoms with van der Waals surface area (Å²) in [5.74, 6) is 5.00. The third kappa shape index (κ3) is 1.89. The average molecular weight is 196 g/mol. The molecule has 5 heteroatoms. The van der Waals surface area contributed by atoms with Gasteiger partial charge in [0, 0.05) is 5.56 Å². The molecule has 14 heavy (non-hydrogen) atoms. The molecule has 0 aromatic heterocycles. The van der Waals surface area contributed by atoms with Crippen LogP contribution in [0.5, 0.6) is 0 Å². The van der Waals surface area contributed by atoms with Crippen molar-refractivity contribution >= 4 is 5.69 Å². The van der Waals surface area contributed by atoms with E-state index in [4.69, 9.17) is 5.90 Å². The molecule has 1 unspecified atom stereocenters. The van der Waals surface area contributed by atoms with Crippen LogP contribution < -0.4 is 5.90 Å². The van der Waals surface area contributed by atoms with Crippen molar-refractivity contribution in [2.24, 2.45) is 5.90 Å². The number of benzene rings is 1. The van der Waals surface area contributed by atoms with Gasteiger partial charge in [-0.3, -0.25) is 15.0 Å². The number of hydrogen-bond donors (Lipinski definition) is 1. The minimum atomic E-state index is -0.477. The molecule has 76 valence electrons. The molecule has 1 aromatic rings. The smallest absolute Gasteiger partial charge is 0.278 e. The van der Waals surface area contributed by atoms with E-state index in [9.17, 15) is 10.1 Å². The first-order valence-electron chi connectivity index (χ1n) is 4.17. The molecule has 2 N–H and O–H groups in total. The lowest BCUT2D eigenvalue weighted by atomic mass is 10.0. The second-order valence-electron chi connectivity index (χ2n) is 3.05. The minimum absolute atomic E-state index is 0.0745. The van der Waals surface area contributed by atoms with Crippen molar-refractivity contribution in [2.45, 2.75) is 20.0 Å². The molecule has 0 amide bonds. The van der Waals surface area contributed by atoms with Crippen molar-refractivity contribution in [2.75, 3.05) is 0 Å². The predicted octanol–water partition coefficient (Wildman–Crippen LogP) is 1.85. The van der Waals surface area contributed by atoms with Gasteiger partial charge in [0.25, 0.3) is 5.69 Å². The summed E-state index contributed by atoms with van der Waals surface area (Å²) in [6.07, 6.45) is -0.477. The molecule has 0 radical (unpaired) electrons. The second-order valence-corrected chi connectivity index (χ2v) is 3.05. The summed E-state index contributed by atoms with van der Waals surface area (Å²) >= 11 is 0. The molecule has 0 aliphatic heterocycles. The maximum absolute atomic E-state index is 10.8. The van der Waals surface area contributed by atoms with Crippen molar-refractivity contribution in [3.8, 4) is 0 Å². The van der Waals surface area contributed by atoms with Crippen molar-refractivity contribution in [3.05, 3.63) is 39.4 Å². The van der Waals surface area contributed by atoms with Crippen LogP contribution in [-0.4, -0.2) is 4.92 Å². The van der Waals surface area contributed by atoms with Gasteiger partial charge in [0.15, 0.2) is 0 Å². The molecule has 5 nitrogen and oxygen atoms in total. The fraction of sp³-hybridized carbons (Fsp3) is 0.333. The Kier molecular flexibility index (Phi) is 3.16. The third-order valence-corrected chi connectivity index (χ3v) is 2.09. The number of para-hydroxylation sites is 1. The molecule has 0 spiro atoms. The third-order valence-electron chi connectivity index (χ3n) is 2.09. The highest BCUT2D eigenvalue weighted by molar-refractivity contribution is 5.48. The Hall–Kier alpha value is -1.46. The first-order valence-corrected chi connectivity index (χ1v) is 4.17. The first-order chi connectivity index (χ1) is 6.57. The van der Waals surface area contributed by atoms with Crippen molar-refractivity contribution in [1.82, 2.24) is 0 Å². The number of aryl methyl sites for hydroxylation is 1. The summed E-state index contributed by atoms with van der Waals surface area (Å²) in [5, 5.41) is 10.8. The van der Waals surface area contributed by atoms with Crippen LogP contribution in [0.4, 0.5) is 5.69 Å². The van der Waals surface area contributed by atoms with Crippen LogP contribution in [0, 0.1) is 17.0 Å². The van der Waals surface area contributed by atoms with Crippen LogP contribution in [-0.2, 0) is 4.84 Å². The van der Waals surface area contributed by atoms with Crippen LogP contribution in [0.25, 0.3) is 0 Å². The fourth-order valence-corrected chi connectivity index (χ4v) is 1.33. The number of nitro benzene ring substituents is 1. The van der Waals surface area contributed by atoms with E-state index in [0.717, 1.165) is 0 Å². The average Bonchev–Trinajstić information content (AvgIpc) is 2.15. The van der Waals surface area contributed by atoms with Crippen LogP contribution in [0.15, 0.2) is 18.2 Å². The molecule has 0 bridgehead atoms. The molecule has 0 saturated carbocycles. The molecule has 0 heterocycles. The van der Waals surface area contributed by atoms with Crippen LogP contribution in [0.3, 0.4) is 0 Å². The lowest BCUT2D eigenvalue weighted by Crippen LogP contribution is -2.08. The van der Waals surface area contributed by atoms with E-state index in [0.29, 0.717) is 11.1 Å². The van der Waals surface area contributed by atoms with Gasteiger partial charge in [-0.2, -0.15) is 0 Å². The highest BCUT2D eigenvalue weighted by Crippen LogP contribution is 2.29. The van der Waals surface area contributed by atoms with Crippen LogP contribution in [0.1, 0.15) is 24.2 Å². The zero-order valence-electron chi connectivity index (χ0n) is 8.06. The lowest BCUT2D eigenvalue weighted by Gasteiger charge is -2.10. The van der Waals surface area contributed by atoms with E-state index >= 15 is 0 Å². The van der Waals surface area contributed by atoms with Gasteiger partial charge >= 0.3 is 0 Å². The van der Waals surface area contributed by atoms with Gasteiger partial charge < -0.3 is 0 Å². The molecule has 1 rings (SSSR count). The predicted molar refractivity (Wildman–Crippen MR) is 51.5 cm³/mol. The van der Waals surface area contributed by atoms with Crippen molar-refractivity contribution < 1.29 is 9.76 Å². The van der Waals surface area contributed by atoms with Crippen molar-refractivity contribution in [3.63, 3.8) is 0 Å². The number of hydrogen-bond acceptors (Lipinski definition) is 4. The number of nitrogens with two attached hydrogens (primary N) is 1. The normalized spacial score (nSPS) is 12.5. The largest absolute Gasteiger partial charge is 0.297 e. The Morgan fingerprint density at radius 3 is 2.71 bits per heavy atom. The fourth-order valence-electron chi connectivity index (χ4n) is 1.33. The van der Waals surface area contributed by atoms with Gasteiger partial charge in [-0.05, 0) is 19.9 Å². The van der Waals surface area contributed by atoms with Gasteiger partial charge in [-0.1, -0.05) is 12.1 Å². The Morgan fingerprint density at radius 1 is 1.57 bits per heavy atom. The highest BCUT2D eigenvalue weighted by Gasteiger charge is 2.20. The summed E-state index contributed by atoms with van der Waals surface area (Å²) < 4.78 is 0. The van der Waals surface area contributed by atoms with Crippen LogP contribution >= 0.6 is 0 Å². The summed E-state index contributed by atoms with van der Waals surface area (Å²) in [5.41, 5.74) is 1.18. The topological polar surface area (TPSA) is 78.4 Å². The van der Waals surface area contributed by atoms with Crippen LogP contribution in [0.2, 0.25) is 0 Å². The SMILES string of the molecule is Cc1cccc(C(C)ON)c1[N+](=O)[O-]. The Balaban J connectivity index is 3.28. The molecule has 1 aromatic carbocycles. The van der Waals surface area contributed by atoms with Gasteiger partial charge in [0.1, 0.15) is 6.10 Å². The van der Waals surface area contributed by atoms with E-state index < -0.39 is 11.0 Å². The summed E-state index contributed by atoms with van der Waals surface area (Å²) in [6, 6.07) is 5.07. The maximum atomic E-state index is 10.8. The maximum Gasteiger partial charge on any atom is 0.278 e. The van der Waals surface area contributed by atoms with E-state index in [1.807, 2.05) is 0 Å². The zero-order chi connectivity index (χ0) is 10.7. The number of nitro groups is 1. The Labute approximate surface area is 81.6 Å². The van der Waals surface area contributed by atoms with Crippen molar-refractivity contribution in [1.29, 1.82) is 0 Å². The molecule has 0 aliphatic carbocycles. The second kappa shape index (κ2) is 4.17. The van der Waals surface area contributed by atoms with E-state index in [2.05, 4.69) is 4.84 Å². The first kappa shape index (κ1) is 10.6. The summed E-state index contributed by atoms with van der Waals surface area (Å²) in [7, 11) is 0.